The van der Waals surface area contributed by atoms with Crippen molar-refractivity contribution in [3.63, 3.8) is 0 Å². The summed E-state index contributed by atoms with van der Waals surface area (Å²) in [6, 6.07) is 9.47. The van der Waals surface area contributed by atoms with Gasteiger partial charge >= 0.3 is 0 Å². The quantitative estimate of drug-likeness (QED) is 0.927. The predicted molar refractivity (Wildman–Crippen MR) is 81.6 cm³/mol. The maximum atomic E-state index is 12.3. The maximum Gasteiger partial charge on any atom is 0.260 e. The molecule has 1 heterocycles. The Morgan fingerprint density at radius 3 is 2.77 bits per heavy atom. The van der Waals surface area contributed by atoms with Gasteiger partial charge in [0.15, 0.2) is 11.9 Å². The van der Waals surface area contributed by atoms with E-state index in [0.29, 0.717) is 19.0 Å². The molecule has 1 saturated carbocycles. The smallest absolute Gasteiger partial charge is 0.260 e. The van der Waals surface area contributed by atoms with Crippen LogP contribution >= 0.6 is 0 Å². The first kappa shape index (κ1) is 15.3. The molecular formula is C17H23NO4. The number of hydrogen-bond acceptors (Lipinski definition) is 4. The molecule has 2 fully saturated rings. The Balaban J connectivity index is 1.52. The lowest BCUT2D eigenvalue weighted by Gasteiger charge is -2.36. The van der Waals surface area contributed by atoms with Gasteiger partial charge in [-0.2, -0.15) is 0 Å². The van der Waals surface area contributed by atoms with Gasteiger partial charge in [0.2, 0.25) is 0 Å². The minimum atomic E-state index is -0.523. The zero-order valence-electron chi connectivity index (χ0n) is 12.9. The van der Waals surface area contributed by atoms with Crippen LogP contribution < -0.4 is 10.1 Å². The van der Waals surface area contributed by atoms with Crippen molar-refractivity contribution in [1.29, 1.82) is 0 Å². The van der Waals surface area contributed by atoms with Crippen LogP contribution in [0.3, 0.4) is 0 Å². The lowest BCUT2D eigenvalue weighted by molar-refractivity contribution is -0.182. The zero-order chi connectivity index (χ0) is 15.4. The molecule has 1 saturated heterocycles. The van der Waals surface area contributed by atoms with Crippen LogP contribution in [-0.4, -0.2) is 37.1 Å². The number of benzene rings is 1. The van der Waals surface area contributed by atoms with Gasteiger partial charge in [0.1, 0.15) is 5.75 Å². The third-order valence-electron chi connectivity index (χ3n) is 4.25. The molecule has 22 heavy (non-hydrogen) atoms. The average Bonchev–Trinajstić information content (AvgIpc) is 2.96. The number of ether oxygens (including phenoxy) is 3. The average molecular weight is 305 g/mol. The van der Waals surface area contributed by atoms with Crippen LogP contribution in [0, 0.1) is 0 Å². The van der Waals surface area contributed by atoms with Crippen molar-refractivity contribution in [1.82, 2.24) is 5.32 Å². The molecule has 1 N–H and O–H groups in total. The van der Waals surface area contributed by atoms with E-state index in [1.165, 1.54) is 0 Å². The van der Waals surface area contributed by atoms with Gasteiger partial charge in [-0.25, -0.2) is 0 Å². The van der Waals surface area contributed by atoms with E-state index in [1.54, 1.807) is 6.92 Å². The molecule has 1 aromatic carbocycles. The highest BCUT2D eigenvalue weighted by atomic mass is 16.7. The minimum absolute atomic E-state index is 0.0844. The Bertz CT molecular complexity index is 499. The van der Waals surface area contributed by atoms with E-state index in [9.17, 15) is 4.79 Å². The zero-order valence-corrected chi connectivity index (χ0v) is 12.9. The molecule has 1 aromatic rings. The van der Waals surface area contributed by atoms with Gasteiger partial charge in [-0.3, -0.25) is 4.79 Å². The molecule has 1 aliphatic carbocycles. The molecular weight excluding hydrogens is 282 g/mol. The third kappa shape index (κ3) is 3.59. The van der Waals surface area contributed by atoms with Crippen LogP contribution in [0.5, 0.6) is 5.75 Å². The molecule has 2 atom stereocenters. The van der Waals surface area contributed by atoms with Crippen molar-refractivity contribution in [3.05, 3.63) is 30.3 Å². The number of carbonyl (C=O) groups excluding carboxylic acids is 1. The van der Waals surface area contributed by atoms with Gasteiger partial charge in [0.25, 0.3) is 5.91 Å². The Hall–Kier alpha value is -1.59. The number of hydrogen-bond donors (Lipinski definition) is 1. The van der Waals surface area contributed by atoms with Gasteiger partial charge in [0.05, 0.1) is 13.2 Å². The first-order valence-electron chi connectivity index (χ1n) is 7.97. The van der Waals surface area contributed by atoms with Gasteiger partial charge in [-0.1, -0.05) is 18.2 Å². The Labute approximate surface area is 130 Å². The standard InChI is InChI=1S/C17H23NO4/c1-13(22-15-7-3-2-4-8-15)16(19)18-14-6-5-9-17(12-14)20-10-11-21-17/h2-4,7-8,13-14H,5-6,9-12H2,1H3,(H,18,19)/t13-,14+/m1/s1. The number of nitrogens with one attached hydrogen (secondary N) is 1. The van der Waals surface area contributed by atoms with E-state index in [0.717, 1.165) is 25.7 Å². The molecule has 1 aliphatic heterocycles. The molecule has 1 amide bonds. The lowest BCUT2D eigenvalue weighted by Crippen LogP contribution is -2.49. The molecule has 1 spiro atoms. The number of carbonyl (C=O) groups is 1. The van der Waals surface area contributed by atoms with Crippen molar-refractivity contribution >= 4 is 5.91 Å². The summed E-state index contributed by atoms with van der Waals surface area (Å²) in [6.45, 7) is 3.06. The molecule has 0 bridgehead atoms. The van der Waals surface area contributed by atoms with Crippen molar-refractivity contribution in [2.24, 2.45) is 0 Å². The summed E-state index contributed by atoms with van der Waals surface area (Å²) in [5.41, 5.74) is 0. The van der Waals surface area contributed by atoms with Crippen molar-refractivity contribution < 1.29 is 19.0 Å². The van der Waals surface area contributed by atoms with Crippen LogP contribution in [-0.2, 0) is 14.3 Å². The minimum Gasteiger partial charge on any atom is -0.481 e. The van der Waals surface area contributed by atoms with Gasteiger partial charge in [-0.05, 0) is 31.9 Å². The lowest BCUT2D eigenvalue weighted by atomic mass is 9.89. The Kier molecular flexibility index (Phi) is 4.64. The molecule has 3 rings (SSSR count). The summed E-state index contributed by atoms with van der Waals surface area (Å²) in [4.78, 5) is 12.3. The second-order valence-corrected chi connectivity index (χ2v) is 5.98. The van der Waals surface area contributed by atoms with Gasteiger partial charge < -0.3 is 19.5 Å². The normalized spacial score (nSPS) is 24.9. The fourth-order valence-corrected chi connectivity index (χ4v) is 3.15. The van der Waals surface area contributed by atoms with Crippen molar-refractivity contribution in [2.75, 3.05) is 13.2 Å². The summed E-state index contributed by atoms with van der Waals surface area (Å²) < 4.78 is 17.1. The Morgan fingerprint density at radius 1 is 1.32 bits per heavy atom. The van der Waals surface area contributed by atoms with E-state index < -0.39 is 11.9 Å². The summed E-state index contributed by atoms with van der Waals surface area (Å²) in [6.07, 6.45) is 3.06. The van der Waals surface area contributed by atoms with Crippen LogP contribution in [0.4, 0.5) is 0 Å². The van der Waals surface area contributed by atoms with E-state index in [1.807, 2.05) is 30.3 Å². The van der Waals surface area contributed by atoms with Crippen LogP contribution in [0.25, 0.3) is 0 Å². The van der Waals surface area contributed by atoms with Crippen LogP contribution in [0.15, 0.2) is 30.3 Å². The molecule has 0 unspecified atom stereocenters. The first-order valence-corrected chi connectivity index (χ1v) is 7.97. The molecule has 2 aliphatic rings. The Morgan fingerprint density at radius 2 is 2.05 bits per heavy atom. The topological polar surface area (TPSA) is 56.8 Å². The van der Waals surface area contributed by atoms with Gasteiger partial charge in [0, 0.05) is 18.9 Å². The molecule has 0 radical (unpaired) electrons. The summed E-state index contributed by atoms with van der Waals surface area (Å²) >= 11 is 0. The van der Waals surface area contributed by atoms with Gasteiger partial charge in [-0.15, -0.1) is 0 Å². The second kappa shape index (κ2) is 6.67. The highest BCUT2D eigenvalue weighted by Gasteiger charge is 2.42. The van der Waals surface area contributed by atoms with Crippen molar-refractivity contribution in [2.45, 2.75) is 50.5 Å². The molecule has 120 valence electrons. The highest BCUT2D eigenvalue weighted by molar-refractivity contribution is 5.81. The van der Waals surface area contributed by atoms with E-state index in [-0.39, 0.29) is 11.9 Å². The predicted octanol–water partition coefficient (Wildman–Crippen LogP) is 2.26. The fraction of sp³-hybridized carbons (Fsp3) is 0.588. The molecule has 5 heteroatoms. The maximum absolute atomic E-state index is 12.3. The molecule has 5 nitrogen and oxygen atoms in total. The van der Waals surface area contributed by atoms with E-state index >= 15 is 0 Å². The van der Waals surface area contributed by atoms with Crippen LogP contribution in [0.1, 0.15) is 32.6 Å². The second-order valence-electron chi connectivity index (χ2n) is 5.98. The number of amides is 1. The largest absolute Gasteiger partial charge is 0.481 e. The third-order valence-corrected chi connectivity index (χ3v) is 4.25. The summed E-state index contributed by atoms with van der Waals surface area (Å²) in [5.74, 6) is 0.135. The number of rotatable bonds is 4. The van der Waals surface area contributed by atoms with E-state index in [2.05, 4.69) is 5.32 Å². The van der Waals surface area contributed by atoms with E-state index in [4.69, 9.17) is 14.2 Å². The SMILES string of the molecule is C[C@@H](Oc1ccccc1)C(=O)N[C@H]1CCCC2(C1)OCCO2. The summed E-state index contributed by atoms with van der Waals surface area (Å²) in [5, 5.41) is 3.07. The number of para-hydroxylation sites is 1. The van der Waals surface area contributed by atoms with Crippen molar-refractivity contribution in [3.8, 4) is 5.75 Å². The first-order chi connectivity index (χ1) is 10.7. The molecule has 0 aromatic heterocycles. The monoisotopic (exact) mass is 305 g/mol. The highest BCUT2D eigenvalue weighted by Crippen LogP contribution is 2.35. The summed E-state index contributed by atoms with van der Waals surface area (Å²) in [7, 11) is 0. The van der Waals surface area contributed by atoms with Crippen LogP contribution in [0.2, 0.25) is 0 Å². The fourth-order valence-electron chi connectivity index (χ4n) is 3.15.